The summed E-state index contributed by atoms with van der Waals surface area (Å²) >= 11 is 0. The highest BCUT2D eigenvalue weighted by Crippen LogP contribution is 2.29. The third-order valence-corrected chi connectivity index (χ3v) is 2.65. The first-order valence-electron chi connectivity index (χ1n) is 5.14. The normalized spacial score (nSPS) is 11.1. The first-order chi connectivity index (χ1) is 7.61. The van der Waals surface area contributed by atoms with E-state index in [2.05, 4.69) is 34.5 Å². The van der Waals surface area contributed by atoms with E-state index < -0.39 is 0 Å². The van der Waals surface area contributed by atoms with Crippen molar-refractivity contribution in [2.24, 2.45) is 0 Å². The van der Waals surface area contributed by atoms with E-state index in [9.17, 15) is 4.39 Å². The van der Waals surface area contributed by atoms with Gasteiger partial charge in [0.2, 0.25) is 5.82 Å². The van der Waals surface area contributed by atoms with Gasteiger partial charge in [0.1, 0.15) is 5.82 Å². The minimum absolute atomic E-state index is 0.303. The van der Waals surface area contributed by atoms with Crippen LogP contribution in [0.15, 0.2) is 12.1 Å². The molecule has 1 N–H and O–H groups in total. The molecule has 0 aliphatic rings. The zero-order chi connectivity index (χ0) is 11.7. The molecule has 1 heterocycles. The van der Waals surface area contributed by atoms with Gasteiger partial charge >= 0.3 is 0 Å². The van der Waals surface area contributed by atoms with Crippen molar-refractivity contribution in [2.45, 2.75) is 26.7 Å². The molecule has 16 heavy (non-hydrogen) atoms. The van der Waals surface area contributed by atoms with Crippen molar-refractivity contribution >= 4 is 0 Å². The molecule has 2 rings (SSSR count). The van der Waals surface area contributed by atoms with Crippen molar-refractivity contribution < 1.29 is 4.39 Å². The predicted octanol–water partition coefficient (Wildman–Crippen LogP) is 2.44. The second-order valence-electron chi connectivity index (χ2n) is 4.03. The van der Waals surface area contributed by atoms with E-state index in [0.29, 0.717) is 17.3 Å². The summed E-state index contributed by atoms with van der Waals surface area (Å²) in [6.07, 6.45) is 0. The van der Waals surface area contributed by atoms with Crippen molar-refractivity contribution in [3.8, 4) is 11.4 Å². The van der Waals surface area contributed by atoms with Gasteiger partial charge in [-0.05, 0) is 35.2 Å². The predicted molar refractivity (Wildman–Crippen MR) is 58.4 cm³/mol. The summed E-state index contributed by atoms with van der Waals surface area (Å²) < 4.78 is 13.7. The number of H-pyrrole nitrogens is 1. The van der Waals surface area contributed by atoms with Crippen molar-refractivity contribution in [1.82, 2.24) is 20.6 Å². The molecule has 0 aliphatic carbocycles. The standard InChI is InChI=1S/C11H13FN4/c1-6(2)8-4-5-9(12)10(7(8)3)11-13-15-16-14-11/h4-6H,1-3H3,(H,13,14,15,16). The first-order valence-corrected chi connectivity index (χ1v) is 5.14. The van der Waals surface area contributed by atoms with E-state index in [-0.39, 0.29) is 5.82 Å². The van der Waals surface area contributed by atoms with Gasteiger partial charge in [0, 0.05) is 0 Å². The number of benzene rings is 1. The maximum atomic E-state index is 13.7. The zero-order valence-electron chi connectivity index (χ0n) is 9.45. The van der Waals surface area contributed by atoms with Gasteiger partial charge < -0.3 is 0 Å². The summed E-state index contributed by atoms with van der Waals surface area (Å²) in [5.74, 6) is 0.326. The lowest BCUT2D eigenvalue weighted by Gasteiger charge is -2.12. The van der Waals surface area contributed by atoms with Gasteiger partial charge in [-0.1, -0.05) is 19.9 Å². The van der Waals surface area contributed by atoms with E-state index in [1.807, 2.05) is 6.92 Å². The number of nitrogens with zero attached hydrogens (tertiary/aromatic N) is 3. The Balaban J connectivity index is 2.64. The van der Waals surface area contributed by atoms with Crippen LogP contribution < -0.4 is 0 Å². The molecule has 0 fully saturated rings. The van der Waals surface area contributed by atoms with Crippen molar-refractivity contribution in [1.29, 1.82) is 0 Å². The highest BCUT2D eigenvalue weighted by molar-refractivity contribution is 5.62. The second kappa shape index (κ2) is 4.00. The minimum atomic E-state index is -0.316. The van der Waals surface area contributed by atoms with Crippen LogP contribution in [0.3, 0.4) is 0 Å². The molecular weight excluding hydrogens is 207 g/mol. The van der Waals surface area contributed by atoms with Crippen molar-refractivity contribution in [2.75, 3.05) is 0 Å². The summed E-state index contributed by atoms with van der Waals surface area (Å²) in [4.78, 5) is 0. The highest BCUT2D eigenvalue weighted by Gasteiger charge is 2.16. The van der Waals surface area contributed by atoms with Crippen LogP contribution in [0.5, 0.6) is 0 Å². The molecule has 0 atom stereocenters. The van der Waals surface area contributed by atoms with Crippen LogP contribution >= 0.6 is 0 Å². The van der Waals surface area contributed by atoms with Crippen LogP contribution in [0, 0.1) is 12.7 Å². The molecule has 1 aromatic heterocycles. The number of aromatic nitrogens is 4. The van der Waals surface area contributed by atoms with Gasteiger partial charge in [0.15, 0.2) is 0 Å². The van der Waals surface area contributed by atoms with Gasteiger partial charge in [-0.2, -0.15) is 5.21 Å². The molecule has 4 nitrogen and oxygen atoms in total. The SMILES string of the molecule is Cc1c(C(C)C)ccc(F)c1-c1nn[nH]n1. The first kappa shape index (κ1) is 10.7. The Kier molecular flexibility index (Phi) is 2.68. The zero-order valence-corrected chi connectivity index (χ0v) is 9.45. The molecule has 0 saturated heterocycles. The average Bonchev–Trinajstić information content (AvgIpc) is 2.70. The van der Waals surface area contributed by atoms with E-state index >= 15 is 0 Å². The van der Waals surface area contributed by atoms with Gasteiger partial charge in [-0.25, -0.2) is 4.39 Å². The summed E-state index contributed by atoms with van der Waals surface area (Å²) in [7, 11) is 0. The average molecular weight is 220 g/mol. The van der Waals surface area contributed by atoms with Crippen LogP contribution in [0.4, 0.5) is 4.39 Å². The Bertz CT molecular complexity index is 491. The highest BCUT2D eigenvalue weighted by atomic mass is 19.1. The molecule has 0 spiro atoms. The third-order valence-electron chi connectivity index (χ3n) is 2.65. The number of nitrogens with one attached hydrogen (secondary N) is 1. The van der Waals surface area contributed by atoms with Gasteiger partial charge in [0.05, 0.1) is 5.56 Å². The quantitative estimate of drug-likeness (QED) is 0.845. The van der Waals surface area contributed by atoms with E-state index in [0.717, 1.165) is 11.1 Å². The molecule has 5 heteroatoms. The summed E-state index contributed by atoms with van der Waals surface area (Å²) in [5, 5.41) is 13.4. The molecule has 2 aromatic rings. The van der Waals surface area contributed by atoms with Crippen LogP contribution in [0.1, 0.15) is 30.9 Å². The topological polar surface area (TPSA) is 54.5 Å². The Labute approximate surface area is 92.9 Å². The maximum Gasteiger partial charge on any atom is 0.207 e. The second-order valence-corrected chi connectivity index (χ2v) is 4.03. The third kappa shape index (κ3) is 1.68. The molecule has 0 radical (unpaired) electrons. The fourth-order valence-corrected chi connectivity index (χ4v) is 1.86. The monoisotopic (exact) mass is 220 g/mol. The molecule has 84 valence electrons. The number of hydrogen-bond acceptors (Lipinski definition) is 3. The van der Waals surface area contributed by atoms with Crippen LogP contribution in [-0.4, -0.2) is 20.6 Å². The Hall–Kier alpha value is -1.78. The molecule has 0 unspecified atom stereocenters. The maximum absolute atomic E-state index is 13.7. The van der Waals surface area contributed by atoms with Crippen LogP contribution in [0.25, 0.3) is 11.4 Å². The van der Waals surface area contributed by atoms with Gasteiger partial charge in [-0.15, -0.1) is 10.2 Å². The summed E-state index contributed by atoms with van der Waals surface area (Å²) in [6, 6.07) is 3.26. The summed E-state index contributed by atoms with van der Waals surface area (Å²) in [6.45, 7) is 6.02. The molecule has 1 aromatic carbocycles. The fraction of sp³-hybridized carbons (Fsp3) is 0.364. The Morgan fingerprint density at radius 1 is 1.31 bits per heavy atom. The lowest BCUT2D eigenvalue weighted by molar-refractivity contribution is 0.627. The number of rotatable bonds is 2. The number of hydrogen-bond donors (Lipinski definition) is 1. The Morgan fingerprint density at radius 2 is 2.06 bits per heavy atom. The molecule has 0 saturated carbocycles. The van der Waals surface area contributed by atoms with Crippen LogP contribution in [-0.2, 0) is 0 Å². The minimum Gasteiger partial charge on any atom is -0.206 e. The van der Waals surface area contributed by atoms with E-state index in [1.54, 1.807) is 6.07 Å². The van der Waals surface area contributed by atoms with E-state index in [1.165, 1.54) is 6.07 Å². The number of tetrazole rings is 1. The molecule has 0 bridgehead atoms. The summed E-state index contributed by atoms with van der Waals surface area (Å²) in [5.41, 5.74) is 2.40. The van der Waals surface area contributed by atoms with Gasteiger partial charge in [0.25, 0.3) is 0 Å². The number of halogens is 1. The smallest absolute Gasteiger partial charge is 0.206 e. The molecular formula is C11H13FN4. The van der Waals surface area contributed by atoms with Crippen LogP contribution in [0.2, 0.25) is 0 Å². The van der Waals surface area contributed by atoms with E-state index in [4.69, 9.17) is 0 Å². The largest absolute Gasteiger partial charge is 0.207 e. The van der Waals surface area contributed by atoms with Crippen molar-refractivity contribution in [3.63, 3.8) is 0 Å². The number of aromatic amines is 1. The Morgan fingerprint density at radius 3 is 2.62 bits per heavy atom. The van der Waals surface area contributed by atoms with Crippen molar-refractivity contribution in [3.05, 3.63) is 29.1 Å². The molecule has 0 amide bonds. The fourth-order valence-electron chi connectivity index (χ4n) is 1.86. The molecule has 0 aliphatic heterocycles. The lowest BCUT2D eigenvalue weighted by Crippen LogP contribution is -1.98. The van der Waals surface area contributed by atoms with Gasteiger partial charge in [-0.3, -0.25) is 0 Å². The lowest BCUT2D eigenvalue weighted by atomic mass is 9.94.